The number of anilines is 1. The number of hydrogen-bond donors (Lipinski definition) is 1. The van der Waals surface area contributed by atoms with Crippen LogP contribution in [0.5, 0.6) is 5.75 Å². The minimum atomic E-state index is -0.675. The highest BCUT2D eigenvalue weighted by molar-refractivity contribution is 5.99. The first-order chi connectivity index (χ1) is 11.4. The molecule has 2 rings (SSSR count). The zero-order valence-electron chi connectivity index (χ0n) is 13.7. The van der Waals surface area contributed by atoms with Gasteiger partial charge in [-0.05, 0) is 25.1 Å². The Balaban J connectivity index is 1.93. The molecule has 0 spiro atoms. The van der Waals surface area contributed by atoms with Crippen molar-refractivity contribution in [3.63, 3.8) is 0 Å². The highest BCUT2D eigenvalue weighted by Crippen LogP contribution is 2.16. The smallest absolute Gasteiger partial charge is 0.355 e. The number of methoxy groups -OCH3 is 1. The van der Waals surface area contributed by atoms with Crippen molar-refractivity contribution in [3.05, 3.63) is 47.8 Å². The second-order valence-electron chi connectivity index (χ2n) is 5.14. The van der Waals surface area contributed by atoms with Gasteiger partial charge in [0.05, 0.1) is 7.11 Å². The summed E-state index contributed by atoms with van der Waals surface area (Å²) < 4.78 is 11.5. The number of esters is 1. The molecule has 1 heterocycles. The van der Waals surface area contributed by atoms with Crippen LogP contribution >= 0.6 is 0 Å². The fourth-order valence-electron chi connectivity index (χ4n) is 2.06. The Morgan fingerprint density at radius 1 is 1.21 bits per heavy atom. The molecule has 0 unspecified atom stereocenters. The summed E-state index contributed by atoms with van der Waals surface area (Å²) in [6.45, 7) is 0.975. The van der Waals surface area contributed by atoms with E-state index in [4.69, 9.17) is 9.47 Å². The van der Waals surface area contributed by atoms with E-state index in [9.17, 15) is 14.4 Å². The third-order valence-corrected chi connectivity index (χ3v) is 3.31. The number of hydrogen-bond acceptors (Lipinski definition) is 5. The molecule has 0 aliphatic rings. The Kier molecular flexibility index (Phi) is 5.36. The summed E-state index contributed by atoms with van der Waals surface area (Å²) in [7, 11) is 3.15. The Labute approximate surface area is 139 Å². The molecule has 0 saturated carbocycles. The molecule has 1 amide bonds. The first-order valence-electron chi connectivity index (χ1n) is 7.19. The van der Waals surface area contributed by atoms with Gasteiger partial charge >= 0.3 is 5.97 Å². The van der Waals surface area contributed by atoms with E-state index in [0.717, 1.165) is 0 Å². The van der Waals surface area contributed by atoms with Crippen molar-refractivity contribution in [1.82, 2.24) is 4.57 Å². The Morgan fingerprint density at radius 2 is 1.96 bits per heavy atom. The van der Waals surface area contributed by atoms with Crippen molar-refractivity contribution < 1.29 is 23.9 Å². The van der Waals surface area contributed by atoms with Crippen LogP contribution < -0.4 is 10.1 Å². The number of Topliss-reactive ketones (excluding diaryl/α,β-unsaturated/α-hetero) is 1. The normalized spacial score (nSPS) is 10.1. The summed E-state index contributed by atoms with van der Waals surface area (Å²) in [6, 6.07) is 8.25. The molecule has 1 N–H and O–H groups in total. The van der Waals surface area contributed by atoms with Crippen molar-refractivity contribution in [2.24, 2.45) is 7.05 Å². The first kappa shape index (κ1) is 17.3. The number of aryl methyl sites for hydroxylation is 1. The fraction of sp³-hybridized carbons (Fsp3) is 0.235. The largest absolute Gasteiger partial charge is 0.497 e. The molecule has 7 nitrogen and oxygen atoms in total. The summed E-state index contributed by atoms with van der Waals surface area (Å²) in [6.07, 6.45) is 1.54. The van der Waals surface area contributed by atoms with Gasteiger partial charge in [-0.25, -0.2) is 4.79 Å². The molecular weight excluding hydrogens is 312 g/mol. The van der Waals surface area contributed by atoms with Crippen LogP contribution in [-0.4, -0.2) is 35.9 Å². The quantitative estimate of drug-likeness (QED) is 0.647. The lowest BCUT2D eigenvalue weighted by atomic mass is 10.2. The van der Waals surface area contributed by atoms with Gasteiger partial charge in [0.2, 0.25) is 0 Å². The third kappa shape index (κ3) is 4.22. The number of nitrogens with one attached hydrogen (secondary N) is 1. The summed E-state index contributed by atoms with van der Waals surface area (Å²) in [5.74, 6) is -0.700. The number of nitrogens with zero attached hydrogens (tertiary/aromatic N) is 1. The molecule has 0 fully saturated rings. The van der Waals surface area contributed by atoms with Crippen LogP contribution in [0, 0.1) is 0 Å². The van der Waals surface area contributed by atoms with E-state index >= 15 is 0 Å². The lowest BCUT2D eigenvalue weighted by Gasteiger charge is -2.08. The number of carbonyl (C=O) groups excluding carboxylic acids is 3. The second kappa shape index (κ2) is 7.45. The summed E-state index contributed by atoms with van der Waals surface area (Å²) >= 11 is 0. The number of ether oxygens (including phenoxy) is 2. The predicted octanol–water partition coefficient (Wildman–Crippen LogP) is 2.03. The van der Waals surface area contributed by atoms with E-state index < -0.39 is 18.5 Å². The van der Waals surface area contributed by atoms with Gasteiger partial charge in [-0.1, -0.05) is 6.07 Å². The number of aromatic nitrogens is 1. The summed E-state index contributed by atoms with van der Waals surface area (Å²) in [4.78, 5) is 35.2. The van der Waals surface area contributed by atoms with Gasteiger partial charge in [0.1, 0.15) is 11.4 Å². The summed E-state index contributed by atoms with van der Waals surface area (Å²) in [5, 5.41) is 2.60. The van der Waals surface area contributed by atoms with Gasteiger partial charge in [0.15, 0.2) is 12.4 Å². The second-order valence-corrected chi connectivity index (χ2v) is 5.14. The van der Waals surface area contributed by atoms with Crippen molar-refractivity contribution >= 4 is 23.3 Å². The zero-order valence-corrected chi connectivity index (χ0v) is 13.7. The fourth-order valence-corrected chi connectivity index (χ4v) is 2.06. The summed E-state index contributed by atoms with van der Waals surface area (Å²) in [5.41, 5.74) is 1.15. The van der Waals surface area contributed by atoms with Crippen LogP contribution in [0.3, 0.4) is 0 Å². The van der Waals surface area contributed by atoms with Gasteiger partial charge in [0, 0.05) is 30.6 Å². The molecule has 0 saturated heterocycles. The number of amides is 1. The van der Waals surface area contributed by atoms with Crippen LogP contribution in [-0.2, 0) is 16.6 Å². The van der Waals surface area contributed by atoms with Gasteiger partial charge in [0.25, 0.3) is 5.91 Å². The van der Waals surface area contributed by atoms with Crippen LogP contribution in [0.15, 0.2) is 36.5 Å². The number of benzene rings is 1. The Bertz CT molecular complexity index is 779. The van der Waals surface area contributed by atoms with Crippen LogP contribution in [0.25, 0.3) is 0 Å². The first-order valence-corrected chi connectivity index (χ1v) is 7.19. The SMILES string of the molecule is COc1cccc(NC(=O)COC(=O)c2cc(C(C)=O)cn2C)c1. The van der Waals surface area contributed by atoms with Crippen molar-refractivity contribution in [1.29, 1.82) is 0 Å². The molecule has 0 bridgehead atoms. The van der Waals surface area contributed by atoms with Gasteiger partial charge in [-0.15, -0.1) is 0 Å². The van der Waals surface area contributed by atoms with E-state index in [1.54, 1.807) is 31.3 Å². The minimum Gasteiger partial charge on any atom is -0.497 e. The molecule has 0 radical (unpaired) electrons. The Hall–Kier alpha value is -3.09. The molecule has 24 heavy (non-hydrogen) atoms. The molecular formula is C17H18N2O5. The molecule has 7 heteroatoms. The van der Waals surface area contributed by atoms with E-state index in [1.807, 2.05) is 0 Å². The molecule has 0 aliphatic carbocycles. The number of rotatable bonds is 6. The minimum absolute atomic E-state index is 0.152. The van der Waals surface area contributed by atoms with Crippen molar-refractivity contribution in [2.75, 3.05) is 19.0 Å². The highest BCUT2D eigenvalue weighted by Gasteiger charge is 2.16. The number of carbonyl (C=O) groups is 3. The average Bonchev–Trinajstić information content (AvgIpc) is 2.95. The lowest BCUT2D eigenvalue weighted by molar-refractivity contribution is -0.119. The Morgan fingerprint density at radius 3 is 2.58 bits per heavy atom. The maximum Gasteiger partial charge on any atom is 0.355 e. The van der Waals surface area contributed by atoms with Crippen LogP contribution in [0.4, 0.5) is 5.69 Å². The van der Waals surface area contributed by atoms with E-state index in [1.165, 1.54) is 30.9 Å². The van der Waals surface area contributed by atoms with Crippen LogP contribution in [0.1, 0.15) is 27.8 Å². The van der Waals surface area contributed by atoms with E-state index in [-0.39, 0.29) is 11.5 Å². The van der Waals surface area contributed by atoms with Gasteiger partial charge in [-0.3, -0.25) is 9.59 Å². The van der Waals surface area contributed by atoms with E-state index in [2.05, 4.69) is 5.32 Å². The van der Waals surface area contributed by atoms with Crippen molar-refractivity contribution in [2.45, 2.75) is 6.92 Å². The highest BCUT2D eigenvalue weighted by atomic mass is 16.5. The predicted molar refractivity (Wildman–Crippen MR) is 87.3 cm³/mol. The standard InChI is InChI=1S/C17H18N2O5/c1-11(20)12-7-15(19(2)9-12)17(22)24-10-16(21)18-13-5-4-6-14(8-13)23-3/h4-9H,10H2,1-3H3,(H,18,21). The molecule has 0 aliphatic heterocycles. The van der Waals surface area contributed by atoms with Crippen molar-refractivity contribution in [3.8, 4) is 5.75 Å². The molecule has 1 aromatic carbocycles. The molecule has 126 valence electrons. The van der Waals surface area contributed by atoms with E-state index in [0.29, 0.717) is 17.0 Å². The molecule has 1 aromatic heterocycles. The lowest BCUT2D eigenvalue weighted by Crippen LogP contribution is -2.21. The van der Waals surface area contributed by atoms with Gasteiger partial charge < -0.3 is 19.4 Å². The maximum absolute atomic E-state index is 12.0. The van der Waals surface area contributed by atoms with Crippen LogP contribution in [0.2, 0.25) is 0 Å². The zero-order chi connectivity index (χ0) is 17.7. The molecule has 0 atom stereocenters. The monoisotopic (exact) mass is 330 g/mol. The third-order valence-electron chi connectivity index (χ3n) is 3.31. The molecule has 2 aromatic rings. The maximum atomic E-state index is 12.0. The van der Waals surface area contributed by atoms with Gasteiger partial charge in [-0.2, -0.15) is 0 Å². The average molecular weight is 330 g/mol. The topological polar surface area (TPSA) is 86.6 Å². The number of ketones is 1.